The number of aryl methyl sites for hydroxylation is 1. The third-order valence-electron chi connectivity index (χ3n) is 3.08. The Hall–Kier alpha value is -1.55. The van der Waals surface area contributed by atoms with Crippen molar-refractivity contribution in [2.75, 3.05) is 19.8 Å². The zero-order valence-corrected chi connectivity index (χ0v) is 12.4. The molecule has 0 saturated carbocycles. The molecule has 0 spiro atoms. The Balaban J connectivity index is 2.10. The van der Waals surface area contributed by atoms with Crippen LogP contribution in [0.3, 0.4) is 0 Å². The lowest BCUT2D eigenvalue weighted by Crippen LogP contribution is -2.28. The molecule has 1 amide bonds. The molecule has 0 bridgehead atoms. The maximum Gasteiger partial charge on any atom is 0.220 e. The summed E-state index contributed by atoms with van der Waals surface area (Å²) in [6.45, 7) is 5.37. The first-order valence-electron chi connectivity index (χ1n) is 7.19. The van der Waals surface area contributed by atoms with Crippen molar-refractivity contribution in [3.05, 3.63) is 29.8 Å². The summed E-state index contributed by atoms with van der Waals surface area (Å²) in [5.41, 5.74) is 1.16. The average molecular weight is 279 g/mol. The molecule has 0 radical (unpaired) electrons. The molecule has 0 heterocycles. The van der Waals surface area contributed by atoms with Crippen LogP contribution in [0.15, 0.2) is 24.3 Å². The lowest BCUT2D eigenvalue weighted by molar-refractivity contribution is -0.121. The van der Waals surface area contributed by atoms with Gasteiger partial charge < -0.3 is 15.2 Å². The van der Waals surface area contributed by atoms with E-state index >= 15 is 0 Å². The predicted molar refractivity (Wildman–Crippen MR) is 79.8 cm³/mol. The summed E-state index contributed by atoms with van der Waals surface area (Å²) >= 11 is 0. The van der Waals surface area contributed by atoms with E-state index in [-0.39, 0.29) is 12.5 Å². The molecule has 112 valence electrons. The fraction of sp³-hybridized carbons (Fsp3) is 0.562. The van der Waals surface area contributed by atoms with Crippen LogP contribution in [0.2, 0.25) is 0 Å². The monoisotopic (exact) mass is 279 g/mol. The number of aliphatic hydroxyl groups excluding tert-OH is 1. The van der Waals surface area contributed by atoms with Gasteiger partial charge in [0.1, 0.15) is 5.75 Å². The number of carbonyl (C=O) groups excluding carboxylic acids is 1. The van der Waals surface area contributed by atoms with Crippen molar-refractivity contribution in [3.8, 4) is 5.75 Å². The van der Waals surface area contributed by atoms with Crippen molar-refractivity contribution in [3.63, 3.8) is 0 Å². The third kappa shape index (κ3) is 7.14. The van der Waals surface area contributed by atoms with Crippen molar-refractivity contribution in [2.24, 2.45) is 5.92 Å². The van der Waals surface area contributed by atoms with Gasteiger partial charge >= 0.3 is 0 Å². The van der Waals surface area contributed by atoms with Crippen molar-refractivity contribution in [2.45, 2.75) is 33.1 Å². The highest BCUT2D eigenvalue weighted by Crippen LogP contribution is 2.12. The van der Waals surface area contributed by atoms with E-state index < -0.39 is 0 Å². The van der Waals surface area contributed by atoms with Crippen LogP contribution in [0.1, 0.15) is 31.7 Å². The van der Waals surface area contributed by atoms with Gasteiger partial charge in [0.05, 0.1) is 6.61 Å². The molecule has 0 aliphatic carbocycles. The Labute approximate surface area is 121 Å². The van der Waals surface area contributed by atoms with Crippen LogP contribution in [-0.4, -0.2) is 30.8 Å². The minimum Gasteiger partial charge on any atom is -0.494 e. The van der Waals surface area contributed by atoms with Gasteiger partial charge in [-0.2, -0.15) is 0 Å². The van der Waals surface area contributed by atoms with Gasteiger partial charge in [0.15, 0.2) is 0 Å². The van der Waals surface area contributed by atoms with Crippen molar-refractivity contribution >= 4 is 5.91 Å². The molecule has 0 saturated heterocycles. The molecular formula is C16H25NO3. The number of rotatable bonds is 9. The standard InChI is InChI=1S/C16H25NO3/c1-13-5-3-6-15(11-13)20-10-4-7-16(19)17-12-14(2)8-9-18/h3,5-6,11,14,18H,4,7-10,12H2,1-2H3,(H,17,19). The first kappa shape index (κ1) is 16.5. The fourth-order valence-corrected chi connectivity index (χ4v) is 1.83. The molecule has 20 heavy (non-hydrogen) atoms. The minimum absolute atomic E-state index is 0.0441. The summed E-state index contributed by atoms with van der Waals surface area (Å²) < 4.78 is 5.59. The summed E-state index contributed by atoms with van der Waals surface area (Å²) in [4.78, 5) is 11.6. The lowest BCUT2D eigenvalue weighted by atomic mass is 10.1. The van der Waals surface area contributed by atoms with Gasteiger partial charge in [-0.1, -0.05) is 19.1 Å². The van der Waals surface area contributed by atoms with E-state index in [2.05, 4.69) is 5.32 Å². The molecule has 4 nitrogen and oxygen atoms in total. The molecule has 1 aromatic carbocycles. The molecule has 1 aromatic rings. The number of benzene rings is 1. The smallest absolute Gasteiger partial charge is 0.220 e. The largest absolute Gasteiger partial charge is 0.494 e. The van der Waals surface area contributed by atoms with E-state index in [4.69, 9.17) is 9.84 Å². The van der Waals surface area contributed by atoms with Crippen LogP contribution in [0.4, 0.5) is 0 Å². The van der Waals surface area contributed by atoms with Gasteiger partial charge in [-0.25, -0.2) is 0 Å². The molecule has 0 aromatic heterocycles. The second kappa shape index (κ2) is 9.37. The summed E-state index contributed by atoms with van der Waals surface area (Å²) in [7, 11) is 0. The zero-order valence-electron chi connectivity index (χ0n) is 12.4. The SMILES string of the molecule is Cc1cccc(OCCCC(=O)NCC(C)CCO)c1. The number of nitrogens with one attached hydrogen (secondary N) is 1. The minimum atomic E-state index is 0.0441. The van der Waals surface area contributed by atoms with Crippen LogP contribution in [-0.2, 0) is 4.79 Å². The number of aliphatic hydroxyl groups is 1. The Morgan fingerprint density at radius 3 is 2.95 bits per heavy atom. The summed E-state index contributed by atoms with van der Waals surface area (Å²) in [5.74, 6) is 1.21. The number of ether oxygens (including phenoxy) is 1. The summed E-state index contributed by atoms with van der Waals surface area (Å²) in [6.07, 6.45) is 1.89. The van der Waals surface area contributed by atoms with Crippen LogP contribution < -0.4 is 10.1 Å². The van der Waals surface area contributed by atoms with Crippen LogP contribution in [0, 0.1) is 12.8 Å². The second-order valence-corrected chi connectivity index (χ2v) is 5.19. The van der Waals surface area contributed by atoms with Gasteiger partial charge in [-0.15, -0.1) is 0 Å². The molecule has 0 fully saturated rings. The Bertz CT molecular complexity index is 406. The first-order chi connectivity index (χ1) is 9.61. The number of amides is 1. The lowest BCUT2D eigenvalue weighted by Gasteiger charge is -2.11. The van der Waals surface area contributed by atoms with Gasteiger partial charge in [-0.05, 0) is 43.4 Å². The molecule has 4 heteroatoms. The zero-order chi connectivity index (χ0) is 14.8. The maximum atomic E-state index is 11.6. The highest BCUT2D eigenvalue weighted by molar-refractivity contribution is 5.75. The van der Waals surface area contributed by atoms with E-state index in [1.807, 2.05) is 38.1 Å². The van der Waals surface area contributed by atoms with E-state index in [0.717, 1.165) is 17.7 Å². The highest BCUT2D eigenvalue weighted by atomic mass is 16.5. The van der Waals surface area contributed by atoms with Crippen molar-refractivity contribution < 1.29 is 14.6 Å². The van der Waals surface area contributed by atoms with Crippen LogP contribution in [0.5, 0.6) is 5.75 Å². The molecule has 0 aliphatic heterocycles. The third-order valence-corrected chi connectivity index (χ3v) is 3.08. The summed E-state index contributed by atoms with van der Waals surface area (Å²) in [6, 6.07) is 7.88. The molecule has 1 unspecified atom stereocenters. The highest BCUT2D eigenvalue weighted by Gasteiger charge is 2.05. The van der Waals surface area contributed by atoms with Crippen molar-refractivity contribution in [1.82, 2.24) is 5.32 Å². The van der Waals surface area contributed by atoms with E-state index in [1.54, 1.807) is 0 Å². The predicted octanol–water partition coefficient (Wildman–Crippen LogP) is 2.29. The quantitative estimate of drug-likeness (QED) is 0.682. The number of hydrogen-bond donors (Lipinski definition) is 2. The fourth-order valence-electron chi connectivity index (χ4n) is 1.83. The summed E-state index contributed by atoms with van der Waals surface area (Å²) in [5, 5.41) is 11.6. The van der Waals surface area contributed by atoms with E-state index in [0.29, 0.717) is 31.9 Å². The molecule has 0 aliphatic rings. The molecular weight excluding hydrogens is 254 g/mol. The Kier molecular flexibility index (Phi) is 7.73. The Morgan fingerprint density at radius 1 is 1.45 bits per heavy atom. The topological polar surface area (TPSA) is 58.6 Å². The van der Waals surface area contributed by atoms with Gasteiger partial charge in [0.25, 0.3) is 0 Å². The van der Waals surface area contributed by atoms with E-state index in [9.17, 15) is 4.79 Å². The molecule has 1 atom stereocenters. The van der Waals surface area contributed by atoms with Gasteiger partial charge in [0.2, 0.25) is 5.91 Å². The normalized spacial score (nSPS) is 11.9. The molecule has 1 rings (SSSR count). The number of hydrogen-bond acceptors (Lipinski definition) is 3. The second-order valence-electron chi connectivity index (χ2n) is 5.19. The Morgan fingerprint density at radius 2 is 2.25 bits per heavy atom. The maximum absolute atomic E-state index is 11.6. The number of carbonyl (C=O) groups is 1. The van der Waals surface area contributed by atoms with Crippen LogP contribution in [0.25, 0.3) is 0 Å². The van der Waals surface area contributed by atoms with E-state index in [1.165, 1.54) is 0 Å². The molecule has 2 N–H and O–H groups in total. The van der Waals surface area contributed by atoms with Crippen LogP contribution >= 0.6 is 0 Å². The van der Waals surface area contributed by atoms with Gasteiger partial charge in [-0.3, -0.25) is 4.79 Å². The average Bonchev–Trinajstić information content (AvgIpc) is 2.42. The first-order valence-corrected chi connectivity index (χ1v) is 7.19. The van der Waals surface area contributed by atoms with Gasteiger partial charge in [0, 0.05) is 19.6 Å². The van der Waals surface area contributed by atoms with Crippen molar-refractivity contribution in [1.29, 1.82) is 0 Å².